The first-order valence-electron chi connectivity index (χ1n) is 3.16. The largest absolute Gasteiger partial charge is 0.516 e. The van der Waals surface area contributed by atoms with Gasteiger partial charge in [0.05, 0.1) is 6.21 Å². The van der Waals surface area contributed by atoms with E-state index in [1.807, 2.05) is 0 Å². The van der Waals surface area contributed by atoms with Crippen molar-refractivity contribution in [3.63, 3.8) is 0 Å². The Balaban J connectivity index is 3.52. The molecule has 0 fully saturated rings. The lowest BCUT2D eigenvalue weighted by Gasteiger charge is -1.95. The summed E-state index contributed by atoms with van der Waals surface area (Å²) < 4.78 is 15.3. The molecule has 0 spiro atoms. The molecule has 2 unspecified atom stereocenters. The molecule has 0 aliphatic carbocycles. The summed E-state index contributed by atoms with van der Waals surface area (Å²) in [5.74, 6) is 0. The van der Waals surface area contributed by atoms with Crippen molar-refractivity contribution in [3.8, 4) is 0 Å². The maximum absolute atomic E-state index is 10.7. The molecule has 11 heavy (non-hydrogen) atoms. The molecule has 0 saturated heterocycles. The summed E-state index contributed by atoms with van der Waals surface area (Å²) in [6.07, 6.45) is 0.465. The van der Waals surface area contributed by atoms with Gasteiger partial charge in [-0.15, -0.1) is 4.52 Å². The first-order valence-corrected chi connectivity index (χ1v) is 4.52. The molecule has 0 aromatic carbocycles. The number of rotatable bonds is 5. The predicted octanol–water partition coefficient (Wildman–Crippen LogP) is 0.934. The van der Waals surface area contributed by atoms with E-state index in [0.717, 1.165) is 6.21 Å². The number of aliphatic hydroxyl groups is 1. The fourth-order valence-corrected chi connectivity index (χ4v) is 1.07. The van der Waals surface area contributed by atoms with Gasteiger partial charge in [-0.25, -0.2) is 0 Å². The third kappa shape index (κ3) is 5.91. The van der Waals surface area contributed by atoms with Gasteiger partial charge in [0, 0.05) is 6.42 Å². The minimum Gasteiger partial charge on any atom is -0.411 e. The molecule has 0 aromatic rings. The molecule has 0 amide bonds. The van der Waals surface area contributed by atoms with Crippen LogP contribution in [-0.4, -0.2) is 29.0 Å². The number of nitrogens with zero attached hydrogens (tertiary/aromatic N) is 1. The zero-order valence-electron chi connectivity index (χ0n) is 6.17. The molecule has 0 aliphatic heterocycles. The van der Waals surface area contributed by atoms with Crippen molar-refractivity contribution in [2.45, 2.75) is 19.6 Å². The first-order chi connectivity index (χ1) is 5.20. The van der Waals surface area contributed by atoms with Crippen LogP contribution in [0.5, 0.6) is 0 Å². The Kier molecular flexibility index (Phi) is 5.93. The number of hydrogen-bond acceptors (Lipinski definition) is 5. The second-order valence-corrected chi connectivity index (χ2v) is 3.02. The van der Waals surface area contributed by atoms with Crippen molar-refractivity contribution in [1.82, 2.24) is 0 Å². The summed E-state index contributed by atoms with van der Waals surface area (Å²) in [5.41, 5.74) is 0. The molecule has 6 heteroatoms. The van der Waals surface area contributed by atoms with Crippen LogP contribution in [0.3, 0.4) is 0 Å². The quantitative estimate of drug-likeness (QED) is 0.217. The molecule has 64 valence electrons. The Morgan fingerprint density at radius 2 is 2.45 bits per heavy atom. The highest BCUT2D eigenvalue weighted by Gasteiger charge is 2.20. The lowest BCUT2D eigenvalue weighted by Crippen LogP contribution is -2.05. The number of oxime groups is 1. The third-order valence-electron chi connectivity index (χ3n) is 0.901. The van der Waals surface area contributed by atoms with Gasteiger partial charge in [0.2, 0.25) is 12.5 Å². The molecule has 0 bridgehead atoms. The Morgan fingerprint density at radius 3 is 2.91 bits per heavy atom. The zero-order valence-corrected chi connectivity index (χ0v) is 7.07. The van der Waals surface area contributed by atoms with Crippen LogP contribution in [0.25, 0.3) is 0 Å². The molecule has 2 N–H and O–H groups in total. The van der Waals surface area contributed by atoms with Gasteiger partial charge in [-0.05, 0) is 4.57 Å². The van der Waals surface area contributed by atoms with E-state index in [9.17, 15) is 4.57 Å². The Bertz CT molecular complexity index is 149. The van der Waals surface area contributed by atoms with E-state index in [1.54, 1.807) is 6.92 Å². The number of hydrogen-bond donors (Lipinski definition) is 2. The summed E-state index contributed by atoms with van der Waals surface area (Å²) in [5, 5.41) is 19.4. The molecule has 0 aliphatic rings. The van der Waals surface area contributed by atoms with Gasteiger partial charge < -0.3 is 10.3 Å². The SMILES string of the molecule is CCC(O)O[P+](=O)CC=NO. The van der Waals surface area contributed by atoms with Gasteiger partial charge in [0.15, 0.2) is 0 Å². The van der Waals surface area contributed by atoms with Gasteiger partial charge in [-0.1, -0.05) is 12.1 Å². The van der Waals surface area contributed by atoms with Crippen molar-refractivity contribution in [2.75, 3.05) is 6.16 Å². The fraction of sp³-hybridized carbons (Fsp3) is 0.800. The second-order valence-electron chi connectivity index (χ2n) is 1.78. The molecule has 0 radical (unpaired) electrons. The van der Waals surface area contributed by atoms with Crippen molar-refractivity contribution >= 4 is 14.2 Å². The minimum absolute atomic E-state index is 0.0168. The predicted molar refractivity (Wildman–Crippen MR) is 40.1 cm³/mol. The molecule has 2 atom stereocenters. The van der Waals surface area contributed by atoms with Crippen LogP contribution in [0.1, 0.15) is 13.3 Å². The Hall–Kier alpha value is -0.510. The second kappa shape index (κ2) is 6.22. The van der Waals surface area contributed by atoms with Crippen molar-refractivity contribution in [1.29, 1.82) is 0 Å². The molecule has 0 rings (SSSR count). The van der Waals surface area contributed by atoms with Crippen LogP contribution in [0.2, 0.25) is 0 Å². The maximum atomic E-state index is 10.7. The summed E-state index contributed by atoms with van der Waals surface area (Å²) >= 11 is 0. The summed E-state index contributed by atoms with van der Waals surface area (Å²) in [6, 6.07) is 0. The van der Waals surface area contributed by atoms with E-state index in [4.69, 9.17) is 10.3 Å². The van der Waals surface area contributed by atoms with Crippen molar-refractivity contribution in [3.05, 3.63) is 0 Å². The van der Waals surface area contributed by atoms with E-state index in [-0.39, 0.29) is 6.16 Å². The van der Waals surface area contributed by atoms with Crippen molar-refractivity contribution in [2.24, 2.45) is 5.16 Å². The van der Waals surface area contributed by atoms with E-state index < -0.39 is 14.3 Å². The summed E-state index contributed by atoms with van der Waals surface area (Å²) in [7, 11) is -1.94. The lowest BCUT2D eigenvalue weighted by atomic mass is 10.5. The Morgan fingerprint density at radius 1 is 1.82 bits per heavy atom. The highest BCUT2D eigenvalue weighted by Crippen LogP contribution is 2.22. The maximum Gasteiger partial charge on any atom is 0.516 e. The topological polar surface area (TPSA) is 79.1 Å². The molecule has 5 nitrogen and oxygen atoms in total. The number of aliphatic hydroxyl groups excluding tert-OH is 1. The van der Waals surface area contributed by atoms with E-state index in [1.165, 1.54) is 0 Å². The average Bonchev–Trinajstić information content (AvgIpc) is 2.00. The minimum atomic E-state index is -1.94. The smallest absolute Gasteiger partial charge is 0.411 e. The van der Waals surface area contributed by atoms with Crippen LogP contribution in [0.15, 0.2) is 5.16 Å². The van der Waals surface area contributed by atoms with E-state index in [0.29, 0.717) is 6.42 Å². The Labute approximate surface area is 65.5 Å². The van der Waals surface area contributed by atoms with Gasteiger partial charge in [0.1, 0.15) is 0 Å². The van der Waals surface area contributed by atoms with Crippen LogP contribution < -0.4 is 0 Å². The fourth-order valence-electron chi connectivity index (χ4n) is 0.356. The molecule has 0 saturated carbocycles. The van der Waals surface area contributed by atoms with E-state index >= 15 is 0 Å². The van der Waals surface area contributed by atoms with Crippen LogP contribution in [0.4, 0.5) is 0 Å². The van der Waals surface area contributed by atoms with Crippen molar-refractivity contribution < 1.29 is 19.4 Å². The molecular formula is C5H11NO4P+. The van der Waals surface area contributed by atoms with Crippen LogP contribution in [-0.2, 0) is 9.09 Å². The summed E-state index contributed by atoms with van der Waals surface area (Å²) in [6.45, 7) is 1.70. The first kappa shape index (κ1) is 10.5. The zero-order chi connectivity index (χ0) is 8.69. The van der Waals surface area contributed by atoms with Gasteiger partial charge in [-0.3, -0.25) is 0 Å². The van der Waals surface area contributed by atoms with Gasteiger partial charge in [0.25, 0.3) is 0 Å². The van der Waals surface area contributed by atoms with Gasteiger partial charge in [-0.2, -0.15) is 0 Å². The highest BCUT2D eigenvalue weighted by molar-refractivity contribution is 7.40. The lowest BCUT2D eigenvalue weighted by molar-refractivity contribution is -0.0124. The van der Waals surface area contributed by atoms with Crippen LogP contribution in [0, 0.1) is 0 Å². The molecule has 0 aromatic heterocycles. The molecular weight excluding hydrogens is 169 g/mol. The third-order valence-corrected chi connectivity index (χ3v) is 1.84. The molecule has 0 heterocycles. The standard InChI is InChI=1S/C5H10NO4P/c1-2-5(7)10-11(9)4-3-6-8/h3,5,7H,2,4H2,1H3/p+1. The van der Waals surface area contributed by atoms with Gasteiger partial charge >= 0.3 is 8.03 Å². The average molecular weight is 180 g/mol. The van der Waals surface area contributed by atoms with Crippen LogP contribution >= 0.6 is 8.03 Å². The monoisotopic (exact) mass is 180 g/mol. The highest BCUT2D eigenvalue weighted by atomic mass is 31.1. The normalized spacial score (nSPS) is 15.3. The van der Waals surface area contributed by atoms with E-state index in [2.05, 4.69) is 9.68 Å². The summed E-state index contributed by atoms with van der Waals surface area (Å²) in [4.78, 5) is 0.